The fourth-order valence-electron chi connectivity index (χ4n) is 3.95. The van der Waals surface area contributed by atoms with Crippen LogP contribution in [-0.2, 0) is 16.5 Å². The molecule has 1 fully saturated rings. The van der Waals surface area contributed by atoms with E-state index >= 15 is 0 Å². The smallest absolute Gasteiger partial charge is 0.258 e. The molecule has 0 saturated carbocycles. The Balaban J connectivity index is 1.77. The van der Waals surface area contributed by atoms with E-state index in [9.17, 15) is 18.4 Å². The number of aryl methyl sites for hydroxylation is 1. The molecule has 4 rings (SSSR count). The summed E-state index contributed by atoms with van der Waals surface area (Å²) < 4.78 is 47.3. The van der Waals surface area contributed by atoms with Gasteiger partial charge in [0.2, 0.25) is 0 Å². The van der Waals surface area contributed by atoms with Crippen LogP contribution in [-0.4, -0.2) is 35.5 Å². The largest absolute Gasteiger partial charge is 0.456 e. The van der Waals surface area contributed by atoms with E-state index in [4.69, 9.17) is 14.2 Å². The summed E-state index contributed by atoms with van der Waals surface area (Å²) >= 11 is 0. The summed E-state index contributed by atoms with van der Waals surface area (Å²) in [6.07, 6.45) is -0.396. The first kappa shape index (κ1) is 26.3. The predicted molar refractivity (Wildman–Crippen MR) is 135 cm³/mol. The molecule has 1 atom stereocenters. The van der Waals surface area contributed by atoms with Gasteiger partial charge in [0.25, 0.3) is 11.5 Å². The first-order valence-corrected chi connectivity index (χ1v) is 11.8. The number of anilines is 2. The zero-order chi connectivity index (χ0) is 26.9. The minimum atomic E-state index is -0.773. The summed E-state index contributed by atoms with van der Waals surface area (Å²) in [5.74, 6) is -2.44. The predicted octanol–water partition coefficient (Wildman–Crippen LogP) is 4.70. The number of aromatic nitrogens is 1. The van der Waals surface area contributed by atoms with Crippen LogP contribution in [0, 0.1) is 25.5 Å². The molecule has 37 heavy (non-hydrogen) atoms. The Morgan fingerprint density at radius 3 is 2.57 bits per heavy atom. The van der Waals surface area contributed by atoms with Gasteiger partial charge >= 0.3 is 0 Å². The molecule has 196 valence electrons. The zero-order valence-corrected chi connectivity index (χ0v) is 21.3. The van der Waals surface area contributed by atoms with Crippen molar-refractivity contribution in [2.45, 2.75) is 39.6 Å². The van der Waals surface area contributed by atoms with Gasteiger partial charge in [-0.15, -0.1) is 0 Å². The van der Waals surface area contributed by atoms with Crippen LogP contribution in [0.3, 0.4) is 0 Å². The van der Waals surface area contributed by atoms with Crippen molar-refractivity contribution in [3.05, 3.63) is 81.1 Å². The van der Waals surface area contributed by atoms with Crippen LogP contribution < -0.4 is 20.9 Å². The van der Waals surface area contributed by atoms with E-state index in [1.807, 2.05) is 0 Å². The molecule has 1 aliphatic heterocycles. The second-order valence-corrected chi connectivity index (χ2v) is 9.36. The van der Waals surface area contributed by atoms with Crippen molar-refractivity contribution in [2.75, 3.05) is 18.5 Å². The molecule has 0 radical (unpaired) electrons. The maximum absolute atomic E-state index is 14.7. The van der Waals surface area contributed by atoms with Gasteiger partial charge in [0, 0.05) is 25.2 Å². The van der Waals surface area contributed by atoms with Crippen LogP contribution in [0.2, 0.25) is 0 Å². The number of halogens is 2. The van der Waals surface area contributed by atoms with Crippen LogP contribution in [0.4, 0.5) is 20.3 Å². The molecule has 10 heteroatoms. The topological polar surface area (TPSA) is 90.8 Å². The highest BCUT2D eigenvalue weighted by molar-refractivity contribution is 6.02. The Morgan fingerprint density at radius 2 is 1.89 bits per heavy atom. The molecule has 1 amide bonds. The Hall–Kier alpha value is -3.76. The maximum Gasteiger partial charge on any atom is 0.258 e. The van der Waals surface area contributed by atoms with E-state index in [0.717, 1.165) is 6.07 Å². The van der Waals surface area contributed by atoms with E-state index in [1.54, 1.807) is 26.8 Å². The van der Waals surface area contributed by atoms with Crippen LogP contribution >= 0.6 is 0 Å². The van der Waals surface area contributed by atoms with Crippen LogP contribution in [0.15, 0.2) is 47.3 Å². The van der Waals surface area contributed by atoms with Crippen molar-refractivity contribution in [1.29, 1.82) is 0 Å². The molecule has 8 nitrogen and oxygen atoms in total. The average molecular weight is 514 g/mol. The van der Waals surface area contributed by atoms with E-state index < -0.39 is 35.0 Å². The number of hydrogen-bond donors (Lipinski definition) is 2. The number of nitrogens with one attached hydrogen (secondary N) is 2. The highest BCUT2D eigenvalue weighted by atomic mass is 19.1. The molecule has 1 aliphatic rings. The second-order valence-electron chi connectivity index (χ2n) is 9.36. The van der Waals surface area contributed by atoms with Crippen molar-refractivity contribution in [1.82, 2.24) is 9.88 Å². The molecular formula is C27H29F2N3O5. The normalized spacial score (nSPS) is 16.5. The first-order valence-electron chi connectivity index (χ1n) is 11.8. The van der Waals surface area contributed by atoms with E-state index in [1.165, 1.54) is 48.9 Å². The van der Waals surface area contributed by atoms with Crippen LogP contribution in [0.1, 0.15) is 35.3 Å². The third kappa shape index (κ3) is 5.81. The molecule has 1 aromatic heterocycles. The number of carbonyl (C=O) groups is 1. The molecule has 2 N–H and O–H groups in total. The van der Waals surface area contributed by atoms with Gasteiger partial charge < -0.3 is 24.8 Å². The van der Waals surface area contributed by atoms with Gasteiger partial charge in [-0.25, -0.2) is 8.78 Å². The van der Waals surface area contributed by atoms with Crippen molar-refractivity contribution in [3.63, 3.8) is 0 Å². The standard InChI is InChI=1S/C27H29F2N3O5/c1-15-9-10-20(19(29)11-15)31-25-24(26(34)30-13-17-14-35-27(3,4)37-17)22(12-23(33)32(25)5)36-21-8-6-7-18(28)16(21)2/h6-12,17,31H,13-14H2,1-5H3,(H,30,34). The van der Waals surface area contributed by atoms with E-state index in [-0.39, 0.29) is 47.3 Å². The van der Waals surface area contributed by atoms with Gasteiger partial charge in [-0.1, -0.05) is 12.1 Å². The number of ether oxygens (including phenoxy) is 3. The van der Waals surface area contributed by atoms with Crippen molar-refractivity contribution in [2.24, 2.45) is 7.05 Å². The lowest BCUT2D eigenvalue weighted by Gasteiger charge is -2.21. The fraction of sp³-hybridized carbons (Fsp3) is 0.333. The summed E-state index contributed by atoms with van der Waals surface area (Å²) in [7, 11) is 1.45. The van der Waals surface area contributed by atoms with Crippen molar-refractivity contribution >= 4 is 17.4 Å². The number of hydrogen-bond acceptors (Lipinski definition) is 6. The number of amides is 1. The molecular weight excluding hydrogens is 484 g/mol. The van der Waals surface area contributed by atoms with Gasteiger partial charge in [0.1, 0.15) is 40.6 Å². The molecule has 0 bridgehead atoms. The number of carbonyl (C=O) groups excluding carboxylic acids is 1. The lowest BCUT2D eigenvalue weighted by atomic mass is 10.1. The van der Waals surface area contributed by atoms with Crippen molar-refractivity contribution < 1.29 is 27.8 Å². The minimum Gasteiger partial charge on any atom is -0.456 e. The quantitative estimate of drug-likeness (QED) is 0.476. The van der Waals surface area contributed by atoms with Crippen LogP contribution in [0.5, 0.6) is 11.5 Å². The van der Waals surface area contributed by atoms with Gasteiger partial charge in [-0.2, -0.15) is 0 Å². The van der Waals surface area contributed by atoms with Gasteiger partial charge in [0.05, 0.1) is 12.3 Å². The number of nitrogens with zero attached hydrogens (tertiary/aromatic N) is 1. The van der Waals surface area contributed by atoms with Crippen molar-refractivity contribution in [3.8, 4) is 11.5 Å². The molecule has 1 unspecified atom stereocenters. The number of rotatable bonds is 7. The highest BCUT2D eigenvalue weighted by Crippen LogP contribution is 2.33. The second kappa shape index (κ2) is 10.3. The third-order valence-electron chi connectivity index (χ3n) is 6.00. The molecule has 0 spiro atoms. The average Bonchev–Trinajstić information content (AvgIpc) is 3.18. The Labute approximate surface area is 213 Å². The monoisotopic (exact) mass is 513 g/mol. The number of pyridine rings is 1. The van der Waals surface area contributed by atoms with E-state index in [2.05, 4.69) is 10.6 Å². The summed E-state index contributed by atoms with van der Waals surface area (Å²) in [5.41, 5.74) is 0.375. The number of benzene rings is 2. The summed E-state index contributed by atoms with van der Waals surface area (Å²) in [6.45, 7) is 7.20. The Morgan fingerprint density at radius 1 is 1.14 bits per heavy atom. The lowest BCUT2D eigenvalue weighted by Crippen LogP contribution is -2.36. The zero-order valence-electron chi connectivity index (χ0n) is 21.3. The maximum atomic E-state index is 14.7. The third-order valence-corrected chi connectivity index (χ3v) is 6.00. The first-order chi connectivity index (χ1) is 17.4. The van der Waals surface area contributed by atoms with Gasteiger partial charge in [-0.05, 0) is 57.5 Å². The van der Waals surface area contributed by atoms with Crippen LogP contribution in [0.25, 0.3) is 0 Å². The lowest BCUT2D eigenvalue weighted by molar-refractivity contribution is -0.137. The van der Waals surface area contributed by atoms with E-state index in [0.29, 0.717) is 5.56 Å². The fourth-order valence-corrected chi connectivity index (χ4v) is 3.95. The highest BCUT2D eigenvalue weighted by Gasteiger charge is 2.33. The molecule has 1 saturated heterocycles. The SMILES string of the molecule is Cc1ccc(Nc2c(C(=O)NCC3COC(C)(C)O3)c(Oc3cccc(F)c3C)cc(=O)n2C)c(F)c1. The molecule has 2 aromatic carbocycles. The molecule has 2 heterocycles. The van der Waals surface area contributed by atoms with Gasteiger partial charge in [-0.3, -0.25) is 14.2 Å². The minimum absolute atomic E-state index is 0.000675. The van der Waals surface area contributed by atoms with Gasteiger partial charge in [0.15, 0.2) is 5.79 Å². The summed E-state index contributed by atoms with van der Waals surface area (Å²) in [6, 6.07) is 9.92. The summed E-state index contributed by atoms with van der Waals surface area (Å²) in [5, 5.41) is 5.65. The summed E-state index contributed by atoms with van der Waals surface area (Å²) in [4.78, 5) is 26.4. The molecule has 3 aromatic rings. The molecule has 0 aliphatic carbocycles. The Kier molecular flexibility index (Phi) is 7.33. The Bertz CT molecular complexity index is 1400.